The Morgan fingerprint density at radius 2 is 2.25 bits per heavy atom. The van der Waals surface area contributed by atoms with Crippen LogP contribution in [0.1, 0.15) is 39.0 Å². The maximum Gasteiger partial charge on any atom is 0.125 e. The Labute approximate surface area is 97.3 Å². The SMILES string of the molecule is CCC[C@@H]1CCCCN1c1cccc(F)c1. The molecule has 1 atom stereocenters. The van der Waals surface area contributed by atoms with Crippen molar-refractivity contribution in [3.8, 4) is 0 Å². The molecule has 0 unspecified atom stereocenters. The van der Waals surface area contributed by atoms with Crippen molar-refractivity contribution in [2.24, 2.45) is 0 Å². The van der Waals surface area contributed by atoms with Crippen molar-refractivity contribution in [3.05, 3.63) is 30.1 Å². The van der Waals surface area contributed by atoms with Gasteiger partial charge in [0.15, 0.2) is 0 Å². The number of hydrogen-bond acceptors (Lipinski definition) is 1. The molecule has 0 aliphatic carbocycles. The molecule has 16 heavy (non-hydrogen) atoms. The highest BCUT2D eigenvalue weighted by Gasteiger charge is 2.21. The summed E-state index contributed by atoms with van der Waals surface area (Å²) in [7, 11) is 0. The fourth-order valence-electron chi connectivity index (χ4n) is 2.63. The van der Waals surface area contributed by atoms with E-state index < -0.39 is 0 Å². The van der Waals surface area contributed by atoms with Crippen molar-refractivity contribution >= 4 is 5.69 Å². The molecule has 1 aromatic carbocycles. The second-order valence-electron chi connectivity index (χ2n) is 4.61. The van der Waals surface area contributed by atoms with E-state index in [0.717, 1.165) is 12.2 Å². The first-order chi connectivity index (χ1) is 7.81. The third-order valence-electron chi connectivity index (χ3n) is 3.39. The lowest BCUT2D eigenvalue weighted by molar-refractivity contribution is 0.434. The summed E-state index contributed by atoms with van der Waals surface area (Å²) >= 11 is 0. The standard InChI is InChI=1S/C14H20FN/c1-2-6-13-8-3-4-10-16(13)14-9-5-7-12(15)11-14/h5,7,9,11,13H,2-4,6,8,10H2,1H3/t13-/m1/s1. The average Bonchev–Trinajstić information content (AvgIpc) is 2.30. The average molecular weight is 221 g/mol. The van der Waals surface area contributed by atoms with E-state index in [1.54, 1.807) is 6.07 Å². The van der Waals surface area contributed by atoms with Crippen LogP contribution < -0.4 is 4.90 Å². The molecule has 2 rings (SSSR count). The molecule has 1 aliphatic heterocycles. The molecule has 1 nitrogen and oxygen atoms in total. The van der Waals surface area contributed by atoms with Crippen LogP contribution in [0.15, 0.2) is 24.3 Å². The molecular formula is C14H20FN. The van der Waals surface area contributed by atoms with Crippen LogP contribution in [0.2, 0.25) is 0 Å². The Balaban J connectivity index is 2.16. The van der Waals surface area contributed by atoms with Crippen LogP contribution >= 0.6 is 0 Å². The summed E-state index contributed by atoms with van der Waals surface area (Å²) in [6.45, 7) is 3.30. The maximum absolute atomic E-state index is 13.2. The van der Waals surface area contributed by atoms with Gasteiger partial charge in [-0.2, -0.15) is 0 Å². The predicted octanol–water partition coefficient (Wildman–Crippen LogP) is 3.98. The minimum atomic E-state index is -0.127. The van der Waals surface area contributed by atoms with Gasteiger partial charge >= 0.3 is 0 Å². The van der Waals surface area contributed by atoms with E-state index in [4.69, 9.17) is 0 Å². The zero-order chi connectivity index (χ0) is 11.4. The monoisotopic (exact) mass is 221 g/mol. The molecule has 1 saturated heterocycles. The van der Waals surface area contributed by atoms with Crippen molar-refractivity contribution in [2.45, 2.75) is 45.1 Å². The fourth-order valence-corrected chi connectivity index (χ4v) is 2.63. The van der Waals surface area contributed by atoms with Gasteiger partial charge in [0.05, 0.1) is 0 Å². The highest BCUT2D eigenvalue weighted by Crippen LogP contribution is 2.27. The highest BCUT2D eigenvalue weighted by atomic mass is 19.1. The first-order valence-electron chi connectivity index (χ1n) is 6.33. The van der Waals surface area contributed by atoms with E-state index >= 15 is 0 Å². The molecule has 1 heterocycles. The molecule has 1 fully saturated rings. The van der Waals surface area contributed by atoms with E-state index in [1.807, 2.05) is 12.1 Å². The van der Waals surface area contributed by atoms with Gasteiger partial charge in [-0.1, -0.05) is 19.4 Å². The zero-order valence-corrected chi connectivity index (χ0v) is 9.95. The van der Waals surface area contributed by atoms with Crippen molar-refractivity contribution in [1.82, 2.24) is 0 Å². The van der Waals surface area contributed by atoms with E-state index in [-0.39, 0.29) is 5.82 Å². The number of anilines is 1. The summed E-state index contributed by atoms with van der Waals surface area (Å²) in [6, 6.07) is 7.62. The number of halogens is 1. The summed E-state index contributed by atoms with van der Waals surface area (Å²) in [5, 5.41) is 0. The van der Waals surface area contributed by atoms with Crippen LogP contribution in [0.5, 0.6) is 0 Å². The maximum atomic E-state index is 13.2. The van der Waals surface area contributed by atoms with Crippen molar-refractivity contribution in [2.75, 3.05) is 11.4 Å². The molecule has 0 aromatic heterocycles. The topological polar surface area (TPSA) is 3.24 Å². The number of nitrogens with zero attached hydrogens (tertiary/aromatic N) is 1. The molecule has 1 aromatic rings. The molecule has 0 saturated carbocycles. The highest BCUT2D eigenvalue weighted by molar-refractivity contribution is 5.47. The predicted molar refractivity (Wildman–Crippen MR) is 66.3 cm³/mol. The summed E-state index contributed by atoms with van der Waals surface area (Å²) < 4.78 is 13.2. The first kappa shape index (κ1) is 11.4. The Hall–Kier alpha value is -1.05. The van der Waals surface area contributed by atoms with Gasteiger partial charge in [0.1, 0.15) is 5.82 Å². The summed E-state index contributed by atoms with van der Waals surface area (Å²) in [4.78, 5) is 2.39. The van der Waals surface area contributed by atoms with E-state index in [1.165, 1.54) is 38.2 Å². The number of benzene rings is 1. The summed E-state index contributed by atoms with van der Waals surface area (Å²) in [5.74, 6) is -0.127. The summed E-state index contributed by atoms with van der Waals surface area (Å²) in [6.07, 6.45) is 6.23. The largest absolute Gasteiger partial charge is 0.368 e. The van der Waals surface area contributed by atoms with Crippen LogP contribution in [0.4, 0.5) is 10.1 Å². The van der Waals surface area contributed by atoms with Gasteiger partial charge in [0.25, 0.3) is 0 Å². The Bertz CT molecular complexity index is 335. The second-order valence-corrected chi connectivity index (χ2v) is 4.61. The molecular weight excluding hydrogens is 201 g/mol. The lowest BCUT2D eigenvalue weighted by Crippen LogP contribution is -2.39. The van der Waals surface area contributed by atoms with Crippen LogP contribution in [0.3, 0.4) is 0 Å². The zero-order valence-electron chi connectivity index (χ0n) is 9.95. The van der Waals surface area contributed by atoms with Crippen molar-refractivity contribution in [1.29, 1.82) is 0 Å². The van der Waals surface area contributed by atoms with E-state index in [2.05, 4.69) is 11.8 Å². The van der Waals surface area contributed by atoms with Gasteiger partial charge < -0.3 is 4.90 Å². The van der Waals surface area contributed by atoms with Crippen LogP contribution in [0.25, 0.3) is 0 Å². The second kappa shape index (κ2) is 5.33. The van der Waals surface area contributed by atoms with Gasteiger partial charge in [0.2, 0.25) is 0 Å². The lowest BCUT2D eigenvalue weighted by Gasteiger charge is -2.37. The Morgan fingerprint density at radius 3 is 3.00 bits per heavy atom. The van der Waals surface area contributed by atoms with Crippen molar-refractivity contribution < 1.29 is 4.39 Å². The molecule has 0 bridgehead atoms. The smallest absolute Gasteiger partial charge is 0.125 e. The molecule has 0 radical (unpaired) electrons. The van der Waals surface area contributed by atoms with Gasteiger partial charge in [-0.25, -0.2) is 4.39 Å². The Kier molecular flexibility index (Phi) is 3.81. The molecule has 0 N–H and O–H groups in total. The third kappa shape index (κ3) is 2.55. The molecule has 88 valence electrons. The normalized spacial score (nSPS) is 21.1. The van der Waals surface area contributed by atoms with E-state index in [0.29, 0.717) is 6.04 Å². The third-order valence-corrected chi connectivity index (χ3v) is 3.39. The molecule has 0 spiro atoms. The van der Waals surface area contributed by atoms with Crippen LogP contribution in [-0.2, 0) is 0 Å². The van der Waals surface area contributed by atoms with Gasteiger partial charge in [-0.05, 0) is 43.9 Å². The van der Waals surface area contributed by atoms with Crippen molar-refractivity contribution in [3.63, 3.8) is 0 Å². The lowest BCUT2D eigenvalue weighted by atomic mass is 9.97. The first-order valence-corrected chi connectivity index (χ1v) is 6.33. The quantitative estimate of drug-likeness (QED) is 0.746. The van der Waals surface area contributed by atoms with Gasteiger partial charge in [-0.3, -0.25) is 0 Å². The van der Waals surface area contributed by atoms with E-state index in [9.17, 15) is 4.39 Å². The summed E-state index contributed by atoms with van der Waals surface area (Å²) in [5.41, 5.74) is 1.05. The minimum absolute atomic E-state index is 0.127. The fraction of sp³-hybridized carbons (Fsp3) is 0.571. The molecule has 0 amide bonds. The number of piperidine rings is 1. The number of hydrogen-bond donors (Lipinski definition) is 0. The van der Waals surface area contributed by atoms with Crippen LogP contribution in [0, 0.1) is 5.82 Å². The van der Waals surface area contributed by atoms with Gasteiger partial charge in [0, 0.05) is 18.3 Å². The Morgan fingerprint density at radius 1 is 1.38 bits per heavy atom. The molecule has 2 heteroatoms. The molecule has 1 aliphatic rings. The minimum Gasteiger partial charge on any atom is -0.368 e. The van der Waals surface area contributed by atoms with Gasteiger partial charge in [-0.15, -0.1) is 0 Å². The number of rotatable bonds is 3. The van der Waals surface area contributed by atoms with Crippen LogP contribution in [-0.4, -0.2) is 12.6 Å².